The van der Waals surface area contributed by atoms with E-state index in [4.69, 9.17) is 23.8 Å². The molecule has 0 atom stereocenters. The lowest BCUT2D eigenvalue weighted by Gasteiger charge is -2.09. The fourth-order valence-electron chi connectivity index (χ4n) is 1.67. The predicted octanol–water partition coefficient (Wildman–Crippen LogP) is 2.92. The summed E-state index contributed by atoms with van der Waals surface area (Å²) in [5.41, 5.74) is 0.996. The first-order valence-corrected chi connectivity index (χ1v) is 7.51. The maximum Gasteiger partial charge on any atom is 0.248 e. The van der Waals surface area contributed by atoms with Crippen molar-refractivity contribution in [2.45, 2.75) is 20.4 Å². The number of thiocarbonyl (C=S) groups is 1. The molecule has 0 unspecified atom stereocenters. The summed E-state index contributed by atoms with van der Waals surface area (Å²) in [6.45, 7) is 5.62. The Morgan fingerprint density at radius 1 is 1.38 bits per heavy atom. The summed E-state index contributed by atoms with van der Waals surface area (Å²) in [4.78, 5) is 4.18. The third-order valence-corrected chi connectivity index (χ3v) is 3.34. The monoisotopic (exact) mass is 323 g/mol. The standard InChI is InChI=1S/C14H18ClN5S/c1-10(2)7-16-14(21)18-13-17-9-20(19-13)8-11-5-3-4-6-12(11)15/h3-6,9-10H,7-8H2,1-2H3,(H2,16,18,19,21). The number of halogens is 1. The molecule has 0 spiro atoms. The number of hydrogen-bond donors (Lipinski definition) is 2. The van der Waals surface area contributed by atoms with Crippen molar-refractivity contribution in [1.29, 1.82) is 0 Å². The van der Waals surface area contributed by atoms with Crippen molar-refractivity contribution >= 4 is 34.9 Å². The van der Waals surface area contributed by atoms with Crippen molar-refractivity contribution < 1.29 is 0 Å². The zero-order valence-corrected chi connectivity index (χ0v) is 13.6. The molecular formula is C14H18ClN5S. The van der Waals surface area contributed by atoms with E-state index in [0.717, 1.165) is 17.1 Å². The molecule has 0 saturated heterocycles. The molecule has 1 heterocycles. The Morgan fingerprint density at radius 2 is 2.14 bits per heavy atom. The Kier molecular flexibility index (Phi) is 5.52. The van der Waals surface area contributed by atoms with Crippen LogP contribution in [0.2, 0.25) is 5.02 Å². The van der Waals surface area contributed by atoms with Gasteiger partial charge in [0.25, 0.3) is 0 Å². The van der Waals surface area contributed by atoms with Gasteiger partial charge >= 0.3 is 0 Å². The van der Waals surface area contributed by atoms with Crippen molar-refractivity contribution in [3.63, 3.8) is 0 Å². The van der Waals surface area contributed by atoms with Gasteiger partial charge in [-0.25, -0.2) is 9.67 Å². The molecule has 7 heteroatoms. The van der Waals surface area contributed by atoms with Crippen LogP contribution in [0.4, 0.5) is 5.95 Å². The van der Waals surface area contributed by atoms with Crippen molar-refractivity contribution in [1.82, 2.24) is 20.1 Å². The highest BCUT2D eigenvalue weighted by molar-refractivity contribution is 7.80. The molecular weight excluding hydrogens is 306 g/mol. The Bertz CT molecular complexity index is 611. The molecule has 21 heavy (non-hydrogen) atoms. The Morgan fingerprint density at radius 3 is 2.86 bits per heavy atom. The molecule has 1 aromatic carbocycles. The van der Waals surface area contributed by atoms with Gasteiger partial charge in [-0.15, -0.1) is 5.10 Å². The molecule has 0 aliphatic carbocycles. The van der Waals surface area contributed by atoms with E-state index in [0.29, 0.717) is 23.5 Å². The predicted molar refractivity (Wildman–Crippen MR) is 89.6 cm³/mol. The van der Waals surface area contributed by atoms with E-state index in [2.05, 4.69) is 34.6 Å². The van der Waals surface area contributed by atoms with E-state index in [9.17, 15) is 0 Å². The number of anilines is 1. The van der Waals surface area contributed by atoms with E-state index >= 15 is 0 Å². The average Bonchev–Trinajstić information content (AvgIpc) is 2.86. The number of nitrogens with zero attached hydrogens (tertiary/aromatic N) is 3. The van der Waals surface area contributed by atoms with Crippen LogP contribution in [-0.2, 0) is 6.54 Å². The van der Waals surface area contributed by atoms with Crippen LogP contribution >= 0.6 is 23.8 Å². The van der Waals surface area contributed by atoms with Gasteiger partial charge in [-0.2, -0.15) is 0 Å². The van der Waals surface area contributed by atoms with Crippen molar-refractivity contribution in [2.75, 3.05) is 11.9 Å². The van der Waals surface area contributed by atoms with Gasteiger partial charge in [0.05, 0.1) is 6.54 Å². The second-order valence-corrected chi connectivity index (χ2v) is 5.90. The average molecular weight is 324 g/mol. The minimum absolute atomic E-state index is 0.475. The summed E-state index contributed by atoms with van der Waals surface area (Å²) in [7, 11) is 0. The molecule has 1 aromatic heterocycles. The summed E-state index contributed by atoms with van der Waals surface area (Å²) >= 11 is 11.3. The van der Waals surface area contributed by atoms with E-state index in [1.54, 1.807) is 11.0 Å². The molecule has 112 valence electrons. The highest BCUT2D eigenvalue weighted by Crippen LogP contribution is 2.15. The normalized spacial score (nSPS) is 10.7. The largest absolute Gasteiger partial charge is 0.362 e. The van der Waals surface area contributed by atoms with Crippen LogP contribution in [0.5, 0.6) is 0 Å². The molecule has 2 aromatic rings. The van der Waals surface area contributed by atoms with Crippen LogP contribution < -0.4 is 10.6 Å². The highest BCUT2D eigenvalue weighted by atomic mass is 35.5. The zero-order chi connectivity index (χ0) is 15.2. The number of benzene rings is 1. The van der Waals surface area contributed by atoms with Crippen LogP contribution in [0.3, 0.4) is 0 Å². The summed E-state index contributed by atoms with van der Waals surface area (Å²) in [6.07, 6.45) is 1.65. The number of hydrogen-bond acceptors (Lipinski definition) is 3. The fourth-order valence-corrected chi connectivity index (χ4v) is 2.04. The van der Waals surface area contributed by atoms with Gasteiger partial charge in [0.1, 0.15) is 6.33 Å². The summed E-state index contributed by atoms with van der Waals surface area (Å²) < 4.78 is 1.72. The minimum Gasteiger partial charge on any atom is -0.362 e. The number of nitrogens with one attached hydrogen (secondary N) is 2. The number of aromatic nitrogens is 3. The fraction of sp³-hybridized carbons (Fsp3) is 0.357. The molecule has 0 radical (unpaired) electrons. The molecule has 2 rings (SSSR count). The lowest BCUT2D eigenvalue weighted by Crippen LogP contribution is -2.31. The number of rotatable bonds is 5. The zero-order valence-electron chi connectivity index (χ0n) is 12.0. The first-order chi connectivity index (χ1) is 10.0. The molecule has 0 amide bonds. The van der Waals surface area contributed by atoms with Gasteiger partial charge in [-0.3, -0.25) is 5.32 Å². The molecule has 0 bridgehead atoms. The second-order valence-electron chi connectivity index (χ2n) is 5.09. The first-order valence-electron chi connectivity index (χ1n) is 6.72. The molecule has 5 nitrogen and oxygen atoms in total. The van der Waals surface area contributed by atoms with Gasteiger partial charge in [-0.05, 0) is 29.8 Å². The molecule has 0 aliphatic heterocycles. The van der Waals surface area contributed by atoms with Crippen LogP contribution in [0.1, 0.15) is 19.4 Å². The molecule has 0 fully saturated rings. The Labute approximate surface area is 134 Å². The van der Waals surface area contributed by atoms with E-state index in [1.165, 1.54) is 0 Å². The van der Waals surface area contributed by atoms with Gasteiger partial charge in [0.15, 0.2) is 5.11 Å². The Hall–Kier alpha value is -1.66. The topological polar surface area (TPSA) is 54.8 Å². The highest BCUT2D eigenvalue weighted by Gasteiger charge is 2.05. The molecule has 0 saturated carbocycles. The Balaban J connectivity index is 1.92. The van der Waals surface area contributed by atoms with E-state index in [1.807, 2.05) is 24.3 Å². The van der Waals surface area contributed by atoms with Crippen LogP contribution in [-0.4, -0.2) is 26.4 Å². The quantitative estimate of drug-likeness (QED) is 0.829. The third-order valence-electron chi connectivity index (χ3n) is 2.72. The van der Waals surface area contributed by atoms with Crippen LogP contribution in [0.25, 0.3) is 0 Å². The third kappa shape index (κ3) is 4.99. The summed E-state index contributed by atoms with van der Waals surface area (Å²) in [5.74, 6) is 0.999. The summed E-state index contributed by atoms with van der Waals surface area (Å²) in [5, 5.41) is 11.6. The van der Waals surface area contributed by atoms with Gasteiger partial charge in [-0.1, -0.05) is 43.6 Å². The van der Waals surface area contributed by atoms with Gasteiger partial charge in [0, 0.05) is 11.6 Å². The van der Waals surface area contributed by atoms with E-state index in [-0.39, 0.29) is 0 Å². The minimum atomic E-state index is 0.475. The maximum absolute atomic E-state index is 6.13. The van der Waals surface area contributed by atoms with Gasteiger partial charge in [0.2, 0.25) is 5.95 Å². The second kappa shape index (κ2) is 7.38. The SMILES string of the molecule is CC(C)CNC(=S)Nc1ncn(Cc2ccccc2Cl)n1. The van der Waals surface area contributed by atoms with Crippen molar-refractivity contribution in [3.05, 3.63) is 41.2 Å². The molecule has 2 N–H and O–H groups in total. The van der Waals surface area contributed by atoms with E-state index < -0.39 is 0 Å². The molecule has 0 aliphatic rings. The smallest absolute Gasteiger partial charge is 0.248 e. The van der Waals surface area contributed by atoms with Crippen LogP contribution in [0.15, 0.2) is 30.6 Å². The lowest BCUT2D eigenvalue weighted by molar-refractivity contribution is 0.627. The van der Waals surface area contributed by atoms with Gasteiger partial charge < -0.3 is 5.32 Å². The van der Waals surface area contributed by atoms with Crippen molar-refractivity contribution in [3.8, 4) is 0 Å². The summed E-state index contributed by atoms with van der Waals surface area (Å²) in [6, 6.07) is 7.67. The van der Waals surface area contributed by atoms with Crippen LogP contribution in [0, 0.1) is 5.92 Å². The van der Waals surface area contributed by atoms with Crippen molar-refractivity contribution in [2.24, 2.45) is 5.92 Å². The first kappa shape index (κ1) is 15.7. The maximum atomic E-state index is 6.13. The lowest BCUT2D eigenvalue weighted by atomic mass is 10.2.